The lowest BCUT2D eigenvalue weighted by Crippen LogP contribution is -2.27. The molecule has 0 spiro atoms. The number of nitrogens with one attached hydrogen (secondary N) is 1. The topological polar surface area (TPSA) is 97.5 Å². The molecule has 6 heteroatoms. The number of hydrogen-bond donors (Lipinski definition) is 3. The van der Waals surface area contributed by atoms with Crippen LogP contribution in [0, 0.1) is 6.92 Å². The van der Waals surface area contributed by atoms with Crippen molar-refractivity contribution in [3.05, 3.63) is 47.7 Å². The molecule has 0 atom stereocenters. The van der Waals surface area contributed by atoms with Gasteiger partial charge in [-0.1, -0.05) is 12.1 Å². The number of nitrogen functional groups attached to an aromatic ring is 1. The second-order valence-corrected chi connectivity index (χ2v) is 5.06. The van der Waals surface area contributed by atoms with Gasteiger partial charge in [0.1, 0.15) is 5.82 Å². The molecular weight excluding hydrogens is 294 g/mol. The number of nitrogens with zero attached hydrogens (tertiary/aromatic N) is 1. The molecule has 1 aromatic carbocycles. The lowest BCUT2D eigenvalue weighted by Gasteiger charge is -2.09. The number of aromatic nitrogens is 1. The number of benzene rings is 1. The Kier molecular flexibility index (Phi) is 6.08. The van der Waals surface area contributed by atoms with Gasteiger partial charge in [-0.3, -0.25) is 4.79 Å². The number of ether oxygens (including phenoxy) is 1. The summed E-state index contributed by atoms with van der Waals surface area (Å²) in [6.45, 7) is 2.87. The van der Waals surface area contributed by atoms with Crippen LogP contribution >= 0.6 is 0 Å². The van der Waals surface area contributed by atoms with Gasteiger partial charge in [0.2, 0.25) is 0 Å². The largest absolute Gasteiger partial charge is 0.394 e. The van der Waals surface area contributed by atoms with E-state index in [0.29, 0.717) is 24.5 Å². The lowest BCUT2D eigenvalue weighted by atomic mass is 10.0. The van der Waals surface area contributed by atoms with Gasteiger partial charge in [0.15, 0.2) is 0 Å². The summed E-state index contributed by atoms with van der Waals surface area (Å²) in [6, 6.07) is 11.0. The molecule has 6 nitrogen and oxygen atoms in total. The summed E-state index contributed by atoms with van der Waals surface area (Å²) in [4.78, 5) is 16.4. The number of anilines is 1. The van der Waals surface area contributed by atoms with Gasteiger partial charge in [-0.25, -0.2) is 4.98 Å². The van der Waals surface area contributed by atoms with E-state index < -0.39 is 0 Å². The van der Waals surface area contributed by atoms with Gasteiger partial charge in [-0.2, -0.15) is 0 Å². The van der Waals surface area contributed by atoms with E-state index in [4.69, 9.17) is 15.6 Å². The van der Waals surface area contributed by atoms with E-state index in [1.54, 1.807) is 12.1 Å². The highest BCUT2D eigenvalue weighted by Crippen LogP contribution is 2.25. The van der Waals surface area contributed by atoms with Crippen molar-refractivity contribution in [2.24, 2.45) is 0 Å². The van der Waals surface area contributed by atoms with Crippen LogP contribution in [-0.2, 0) is 4.74 Å². The first-order chi connectivity index (χ1) is 11.1. The molecule has 0 aliphatic heterocycles. The van der Waals surface area contributed by atoms with Crippen LogP contribution < -0.4 is 11.1 Å². The van der Waals surface area contributed by atoms with Crippen LogP contribution in [0.1, 0.15) is 16.1 Å². The average Bonchev–Trinajstić information content (AvgIpc) is 2.54. The number of aliphatic hydroxyl groups is 1. The molecule has 0 aliphatic rings. The molecule has 122 valence electrons. The van der Waals surface area contributed by atoms with E-state index in [0.717, 1.165) is 16.8 Å². The molecule has 1 aromatic heterocycles. The minimum atomic E-state index is -0.182. The van der Waals surface area contributed by atoms with Gasteiger partial charge in [-0.05, 0) is 36.8 Å². The Morgan fingerprint density at radius 3 is 2.87 bits per heavy atom. The smallest absolute Gasteiger partial charge is 0.251 e. The van der Waals surface area contributed by atoms with Gasteiger partial charge in [0.25, 0.3) is 5.91 Å². The first-order valence-electron chi connectivity index (χ1n) is 7.42. The SMILES string of the molecule is Cc1ccc(-c2cccc(C(=O)NCCOCCO)c2)c(N)n1. The molecule has 0 aliphatic carbocycles. The predicted octanol–water partition coefficient (Wildman–Crippen LogP) is 1.38. The maximum absolute atomic E-state index is 12.1. The van der Waals surface area contributed by atoms with Gasteiger partial charge < -0.3 is 20.9 Å². The van der Waals surface area contributed by atoms with Crippen molar-refractivity contribution in [1.82, 2.24) is 10.3 Å². The number of amides is 1. The summed E-state index contributed by atoms with van der Waals surface area (Å²) in [5.41, 5.74) is 9.00. The maximum atomic E-state index is 12.1. The number of carbonyl (C=O) groups is 1. The standard InChI is InChI=1S/C17H21N3O3/c1-12-5-6-15(16(18)20-12)13-3-2-4-14(11-13)17(22)19-7-9-23-10-8-21/h2-6,11,21H,7-10H2,1H3,(H2,18,20)(H,19,22). The van der Waals surface area contributed by atoms with Crippen LogP contribution in [0.3, 0.4) is 0 Å². The van der Waals surface area contributed by atoms with Gasteiger partial charge >= 0.3 is 0 Å². The molecule has 0 unspecified atom stereocenters. The minimum absolute atomic E-state index is 0.0258. The normalized spacial score (nSPS) is 10.5. The van der Waals surface area contributed by atoms with Crippen LogP contribution in [0.25, 0.3) is 11.1 Å². The van der Waals surface area contributed by atoms with Crippen molar-refractivity contribution in [1.29, 1.82) is 0 Å². The number of pyridine rings is 1. The third-order valence-corrected chi connectivity index (χ3v) is 3.27. The molecule has 0 radical (unpaired) electrons. The third-order valence-electron chi connectivity index (χ3n) is 3.27. The summed E-state index contributed by atoms with van der Waals surface area (Å²) in [6.07, 6.45) is 0. The Hall–Kier alpha value is -2.44. The monoisotopic (exact) mass is 315 g/mol. The van der Waals surface area contributed by atoms with Crippen LogP contribution in [0.4, 0.5) is 5.82 Å². The third kappa shape index (κ3) is 4.77. The van der Waals surface area contributed by atoms with Crippen molar-refractivity contribution in [2.45, 2.75) is 6.92 Å². The van der Waals surface area contributed by atoms with Crippen LogP contribution in [-0.4, -0.2) is 42.4 Å². The zero-order chi connectivity index (χ0) is 16.7. The van der Waals surface area contributed by atoms with Crippen molar-refractivity contribution >= 4 is 11.7 Å². The van der Waals surface area contributed by atoms with Crippen molar-refractivity contribution < 1.29 is 14.6 Å². The molecular formula is C17H21N3O3. The number of rotatable bonds is 7. The van der Waals surface area contributed by atoms with Crippen molar-refractivity contribution in [3.63, 3.8) is 0 Å². The maximum Gasteiger partial charge on any atom is 0.251 e. The quantitative estimate of drug-likeness (QED) is 0.671. The number of carbonyl (C=O) groups excluding carboxylic acids is 1. The Labute approximate surface area is 135 Å². The summed E-state index contributed by atoms with van der Waals surface area (Å²) < 4.78 is 5.10. The average molecular weight is 315 g/mol. The highest BCUT2D eigenvalue weighted by atomic mass is 16.5. The summed E-state index contributed by atoms with van der Waals surface area (Å²) in [5.74, 6) is 0.262. The summed E-state index contributed by atoms with van der Waals surface area (Å²) in [7, 11) is 0. The Bertz CT molecular complexity index is 674. The fraction of sp³-hybridized carbons (Fsp3) is 0.294. The van der Waals surface area contributed by atoms with Gasteiger partial charge in [0.05, 0.1) is 19.8 Å². The molecule has 0 bridgehead atoms. The van der Waals surface area contributed by atoms with Gasteiger partial charge in [-0.15, -0.1) is 0 Å². The molecule has 0 fully saturated rings. The van der Waals surface area contributed by atoms with Crippen molar-refractivity contribution in [2.75, 3.05) is 32.1 Å². The molecule has 1 amide bonds. The lowest BCUT2D eigenvalue weighted by molar-refractivity contribution is 0.0838. The zero-order valence-corrected chi connectivity index (χ0v) is 13.1. The van der Waals surface area contributed by atoms with E-state index in [-0.39, 0.29) is 19.1 Å². The predicted molar refractivity (Wildman–Crippen MR) is 89.1 cm³/mol. The first-order valence-corrected chi connectivity index (χ1v) is 7.42. The number of aryl methyl sites for hydroxylation is 1. The van der Waals surface area contributed by atoms with Crippen LogP contribution in [0.15, 0.2) is 36.4 Å². The highest BCUT2D eigenvalue weighted by molar-refractivity contribution is 5.95. The summed E-state index contributed by atoms with van der Waals surface area (Å²) in [5, 5.41) is 11.4. The molecule has 4 N–H and O–H groups in total. The second kappa shape index (κ2) is 8.26. The van der Waals surface area contributed by atoms with E-state index in [2.05, 4.69) is 10.3 Å². The minimum Gasteiger partial charge on any atom is -0.394 e. The van der Waals surface area contributed by atoms with Crippen LogP contribution in [0.2, 0.25) is 0 Å². The highest BCUT2D eigenvalue weighted by Gasteiger charge is 2.09. The Morgan fingerprint density at radius 1 is 1.30 bits per heavy atom. The first kappa shape index (κ1) is 16.9. The molecule has 0 saturated carbocycles. The Morgan fingerprint density at radius 2 is 2.13 bits per heavy atom. The Balaban J connectivity index is 2.06. The second-order valence-electron chi connectivity index (χ2n) is 5.06. The molecule has 1 heterocycles. The van der Waals surface area contributed by atoms with E-state index in [9.17, 15) is 4.79 Å². The number of nitrogens with two attached hydrogens (primary N) is 1. The van der Waals surface area contributed by atoms with E-state index in [1.807, 2.05) is 31.2 Å². The molecule has 2 rings (SSSR count). The van der Waals surface area contributed by atoms with Crippen LogP contribution in [0.5, 0.6) is 0 Å². The van der Waals surface area contributed by atoms with Gasteiger partial charge in [0, 0.05) is 23.4 Å². The number of aliphatic hydroxyl groups excluding tert-OH is 1. The van der Waals surface area contributed by atoms with E-state index >= 15 is 0 Å². The van der Waals surface area contributed by atoms with Crippen molar-refractivity contribution in [3.8, 4) is 11.1 Å². The summed E-state index contributed by atoms with van der Waals surface area (Å²) >= 11 is 0. The van der Waals surface area contributed by atoms with E-state index in [1.165, 1.54) is 0 Å². The molecule has 2 aromatic rings. The molecule has 0 saturated heterocycles. The number of hydrogen-bond acceptors (Lipinski definition) is 5. The zero-order valence-electron chi connectivity index (χ0n) is 13.1. The fourth-order valence-electron chi connectivity index (χ4n) is 2.15. The fourth-order valence-corrected chi connectivity index (χ4v) is 2.15. The molecule has 23 heavy (non-hydrogen) atoms.